The maximum Gasteiger partial charge on any atom is 0.348 e. The van der Waals surface area contributed by atoms with Crippen LogP contribution in [-0.2, 0) is 13.1 Å². The summed E-state index contributed by atoms with van der Waals surface area (Å²) >= 11 is 6.20. The average Bonchev–Trinajstić information content (AvgIpc) is 2.35. The SMILES string of the molecule is Cc1cc(C)n(Cc2ccc(CN)cc2Cl)c(=O)n1. The minimum Gasteiger partial charge on any atom is -0.326 e. The predicted molar refractivity (Wildman–Crippen MR) is 76.4 cm³/mol. The van der Waals surface area contributed by atoms with Crippen molar-refractivity contribution in [3.8, 4) is 0 Å². The quantitative estimate of drug-likeness (QED) is 0.934. The molecule has 2 N–H and O–H groups in total. The lowest BCUT2D eigenvalue weighted by Gasteiger charge is -2.11. The van der Waals surface area contributed by atoms with Gasteiger partial charge in [-0.1, -0.05) is 23.7 Å². The topological polar surface area (TPSA) is 60.9 Å². The van der Waals surface area contributed by atoms with Crippen molar-refractivity contribution in [1.29, 1.82) is 0 Å². The number of hydrogen-bond acceptors (Lipinski definition) is 3. The Labute approximate surface area is 116 Å². The van der Waals surface area contributed by atoms with Gasteiger partial charge in [-0.3, -0.25) is 4.57 Å². The van der Waals surface area contributed by atoms with Crippen LogP contribution >= 0.6 is 11.6 Å². The molecule has 1 heterocycles. The summed E-state index contributed by atoms with van der Waals surface area (Å²) in [6.07, 6.45) is 0. The molecule has 19 heavy (non-hydrogen) atoms. The molecule has 1 aromatic heterocycles. The van der Waals surface area contributed by atoms with E-state index in [0.29, 0.717) is 18.1 Å². The second-order valence-corrected chi connectivity index (χ2v) is 4.94. The molecule has 0 bridgehead atoms. The van der Waals surface area contributed by atoms with Crippen molar-refractivity contribution in [2.24, 2.45) is 5.73 Å². The molecule has 1 aromatic carbocycles. The van der Waals surface area contributed by atoms with Crippen molar-refractivity contribution in [3.63, 3.8) is 0 Å². The van der Waals surface area contributed by atoms with Crippen LogP contribution in [0.4, 0.5) is 0 Å². The number of halogens is 1. The van der Waals surface area contributed by atoms with Crippen LogP contribution in [0, 0.1) is 13.8 Å². The zero-order chi connectivity index (χ0) is 14.0. The van der Waals surface area contributed by atoms with E-state index < -0.39 is 0 Å². The molecule has 2 rings (SSSR count). The van der Waals surface area contributed by atoms with E-state index in [-0.39, 0.29) is 5.69 Å². The molecular formula is C14H16ClN3O. The minimum atomic E-state index is -0.253. The summed E-state index contributed by atoms with van der Waals surface area (Å²) in [4.78, 5) is 15.8. The molecule has 0 saturated carbocycles. The summed E-state index contributed by atoms with van der Waals surface area (Å²) < 4.78 is 1.61. The molecule has 0 fully saturated rings. The van der Waals surface area contributed by atoms with Gasteiger partial charge < -0.3 is 5.73 Å². The molecule has 0 atom stereocenters. The van der Waals surface area contributed by atoms with Crippen LogP contribution in [0.3, 0.4) is 0 Å². The Morgan fingerprint density at radius 2 is 2.05 bits per heavy atom. The molecule has 0 aliphatic rings. The third-order valence-corrected chi connectivity index (χ3v) is 3.38. The molecule has 4 nitrogen and oxygen atoms in total. The third kappa shape index (κ3) is 3.03. The molecule has 5 heteroatoms. The fourth-order valence-corrected chi connectivity index (χ4v) is 2.25. The highest BCUT2D eigenvalue weighted by Crippen LogP contribution is 2.19. The zero-order valence-corrected chi connectivity index (χ0v) is 11.7. The van der Waals surface area contributed by atoms with Crippen molar-refractivity contribution in [3.05, 3.63) is 62.3 Å². The molecule has 0 spiro atoms. The van der Waals surface area contributed by atoms with Gasteiger partial charge >= 0.3 is 5.69 Å². The normalized spacial score (nSPS) is 10.7. The second kappa shape index (κ2) is 5.55. The largest absolute Gasteiger partial charge is 0.348 e. The van der Waals surface area contributed by atoms with Gasteiger partial charge in [0.1, 0.15) is 0 Å². The Morgan fingerprint density at radius 1 is 1.32 bits per heavy atom. The molecular weight excluding hydrogens is 262 g/mol. The smallest absolute Gasteiger partial charge is 0.326 e. The maximum absolute atomic E-state index is 11.9. The second-order valence-electron chi connectivity index (χ2n) is 4.54. The molecule has 0 unspecified atom stereocenters. The lowest BCUT2D eigenvalue weighted by atomic mass is 10.1. The Morgan fingerprint density at radius 3 is 2.63 bits per heavy atom. The predicted octanol–water partition coefficient (Wildman–Crippen LogP) is 2.02. The number of nitrogens with zero attached hydrogens (tertiary/aromatic N) is 2. The van der Waals surface area contributed by atoms with E-state index in [0.717, 1.165) is 22.5 Å². The highest BCUT2D eigenvalue weighted by atomic mass is 35.5. The maximum atomic E-state index is 11.9. The van der Waals surface area contributed by atoms with Gasteiger partial charge in [0, 0.05) is 23.0 Å². The molecule has 0 radical (unpaired) electrons. The van der Waals surface area contributed by atoms with E-state index in [1.807, 2.05) is 38.1 Å². The fourth-order valence-electron chi connectivity index (χ4n) is 1.98. The Kier molecular flexibility index (Phi) is 4.02. The van der Waals surface area contributed by atoms with Gasteiger partial charge in [-0.05, 0) is 37.1 Å². The van der Waals surface area contributed by atoms with Crippen LogP contribution in [0.2, 0.25) is 5.02 Å². The molecule has 2 aromatic rings. The molecule has 100 valence electrons. The molecule has 0 aliphatic heterocycles. The number of aryl methyl sites for hydroxylation is 2. The van der Waals surface area contributed by atoms with E-state index in [2.05, 4.69) is 4.98 Å². The summed E-state index contributed by atoms with van der Waals surface area (Å²) in [6, 6.07) is 7.53. The summed E-state index contributed by atoms with van der Waals surface area (Å²) in [7, 11) is 0. The summed E-state index contributed by atoms with van der Waals surface area (Å²) in [6.45, 7) is 4.56. The third-order valence-electron chi connectivity index (χ3n) is 3.03. The van der Waals surface area contributed by atoms with Crippen LogP contribution in [0.25, 0.3) is 0 Å². The monoisotopic (exact) mass is 277 g/mol. The average molecular weight is 278 g/mol. The van der Waals surface area contributed by atoms with Crippen LogP contribution in [0.1, 0.15) is 22.5 Å². The Balaban J connectivity index is 2.39. The highest BCUT2D eigenvalue weighted by molar-refractivity contribution is 6.31. The molecule has 0 amide bonds. The van der Waals surface area contributed by atoms with E-state index in [4.69, 9.17) is 17.3 Å². The lowest BCUT2D eigenvalue weighted by molar-refractivity contribution is 0.694. The van der Waals surface area contributed by atoms with E-state index in [9.17, 15) is 4.79 Å². The molecule has 0 aliphatic carbocycles. The van der Waals surface area contributed by atoms with Crippen molar-refractivity contribution >= 4 is 11.6 Å². The number of rotatable bonds is 3. The first-order valence-electron chi connectivity index (χ1n) is 6.03. The van der Waals surface area contributed by atoms with Gasteiger partial charge in [-0.25, -0.2) is 4.79 Å². The van der Waals surface area contributed by atoms with Crippen molar-refractivity contribution in [2.45, 2.75) is 26.9 Å². The zero-order valence-electron chi connectivity index (χ0n) is 11.0. The number of aromatic nitrogens is 2. The van der Waals surface area contributed by atoms with Crippen LogP contribution < -0.4 is 11.4 Å². The van der Waals surface area contributed by atoms with Gasteiger partial charge in [0.25, 0.3) is 0 Å². The standard InChI is InChI=1S/C14H16ClN3O/c1-9-5-10(2)18(14(19)17-9)8-12-4-3-11(7-16)6-13(12)15/h3-6H,7-8,16H2,1-2H3. The van der Waals surface area contributed by atoms with Crippen LogP contribution in [-0.4, -0.2) is 9.55 Å². The van der Waals surface area contributed by atoms with Gasteiger partial charge in [-0.15, -0.1) is 0 Å². The number of nitrogens with two attached hydrogens (primary N) is 1. The van der Waals surface area contributed by atoms with E-state index in [1.165, 1.54) is 0 Å². The van der Waals surface area contributed by atoms with Gasteiger partial charge in [0.2, 0.25) is 0 Å². The van der Waals surface area contributed by atoms with Gasteiger partial charge in [0.05, 0.1) is 6.54 Å². The first-order chi connectivity index (χ1) is 9.01. The van der Waals surface area contributed by atoms with Gasteiger partial charge in [0.15, 0.2) is 0 Å². The van der Waals surface area contributed by atoms with Crippen molar-refractivity contribution in [2.75, 3.05) is 0 Å². The highest BCUT2D eigenvalue weighted by Gasteiger charge is 2.07. The van der Waals surface area contributed by atoms with Crippen LogP contribution in [0.5, 0.6) is 0 Å². The van der Waals surface area contributed by atoms with E-state index in [1.54, 1.807) is 4.57 Å². The lowest BCUT2D eigenvalue weighted by Crippen LogP contribution is -2.26. The summed E-state index contributed by atoms with van der Waals surface area (Å²) in [5, 5.41) is 0.620. The van der Waals surface area contributed by atoms with Crippen molar-refractivity contribution < 1.29 is 0 Å². The Bertz CT molecular complexity index is 664. The first kappa shape index (κ1) is 13.8. The van der Waals surface area contributed by atoms with Crippen molar-refractivity contribution in [1.82, 2.24) is 9.55 Å². The van der Waals surface area contributed by atoms with E-state index >= 15 is 0 Å². The summed E-state index contributed by atoms with van der Waals surface area (Å²) in [5.41, 5.74) is 8.76. The summed E-state index contributed by atoms with van der Waals surface area (Å²) in [5.74, 6) is 0. The minimum absolute atomic E-state index is 0.253. The van der Waals surface area contributed by atoms with Gasteiger partial charge in [-0.2, -0.15) is 4.98 Å². The fraction of sp³-hybridized carbons (Fsp3) is 0.286. The molecule has 0 saturated heterocycles. The number of benzene rings is 1. The first-order valence-corrected chi connectivity index (χ1v) is 6.41. The van der Waals surface area contributed by atoms with Crippen LogP contribution in [0.15, 0.2) is 29.1 Å². The number of hydrogen-bond donors (Lipinski definition) is 1. The Hall–Kier alpha value is -1.65.